The van der Waals surface area contributed by atoms with E-state index < -0.39 is 0 Å². The fourth-order valence-electron chi connectivity index (χ4n) is 2.00. The van der Waals surface area contributed by atoms with Crippen LogP contribution in [0.5, 0.6) is 5.75 Å². The Bertz CT molecular complexity index is 411. The second-order valence-electron chi connectivity index (χ2n) is 4.46. The van der Waals surface area contributed by atoms with Crippen molar-refractivity contribution in [1.29, 1.82) is 0 Å². The minimum Gasteiger partial charge on any atom is -0.508 e. The Balaban J connectivity index is 1.92. The molecule has 1 aliphatic carbocycles. The van der Waals surface area contributed by atoms with Crippen molar-refractivity contribution < 1.29 is 14.7 Å². The van der Waals surface area contributed by atoms with Gasteiger partial charge in [-0.1, -0.05) is 12.8 Å². The highest BCUT2D eigenvalue weighted by Gasteiger charge is 2.17. The molecule has 1 saturated carbocycles. The molecule has 0 aromatic heterocycles. The highest BCUT2D eigenvalue weighted by Crippen LogP contribution is 2.20. The Kier molecular flexibility index (Phi) is 3.64. The molecule has 17 heavy (non-hydrogen) atoms. The molecule has 1 aliphatic rings. The number of aromatic hydroxyl groups is 1. The number of hydrogen-bond donors (Lipinski definition) is 2. The van der Waals surface area contributed by atoms with E-state index in [1.54, 1.807) is 19.1 Å². The Hall–Kier alpha value is -1.55. The van der Waals surface area contributed by atoms with Crippen molar-refractivity contribution in [1.82, 2.24) is 5.48 Å². The number of nitrogens with one attached hydrogen (secondary N) is 1. The summed E-state index contributed by atoms with van der Waals surface area (Å²) in [5, 5.41) is 9.37. The van der Waals surface area contributed by atoms with Crippen molar-refractivity contribution >= 4 is 5.91 Å². The number of benzene rings is 1. The molecule has 1 amide bonds. The predicted molar refractivity (Wildman–Crippen MR) is 63.7 cm³/mol. The normalized spacial score (nSPS) is 16.1. The zero-order valence-corrected chi connectivity index (χ0v) is 9.90. The molecule has 0 atom stereocenters. The second kappa shape index (κ2) is 5.19. The first-order chi connectivity index (χ1) is 8.16. The number of hydrogen-bond acceptors (Lipinski definition) is 3. The molecule has 1 aromatic rings. The fraction of sp³-hybridized carbons (Fsp3) is 0.462. The average molecular weight is 235 g/mol. The number of carbonyl (C=O) groups is 1. The molecule has 1 aromatic carbocycles. The second-order valence-corrected chi connectivity index (χ2v) is 4.46. The molecular weight excluding hydrogens is 218 g/mol. The maximum Gasteiger partial charge on any atom is 0.274 e. The molecule has 92 valence electrons. The summed E-state index contributed by atoms with van der Waals surface area (Å²) >= 11 is 0. The van der Waals surface area contributed by atoms with Crippen LogP contribution in [0.15, 0.2) is 18.2 Å². The Labute approximate surface area is 101 Å². The number of phenolic OH excluding ortho intramolecular Hbond substituents is 1. The van der Waals surface area contributed by atoms with Crippen molar-refractivity contribution in [2.75, 3.05) is 0 Å². The van der Waals surface area contributed by atoms with Crippen molar-refractivity contribution in [3.05, 3.63) is 29.3 Å². The van der Waals surface area contributed by atoms with Crippen LogP contribution >= 0.6 is 0 Å². The van der Waals surface area contributed by atoms with Crippen molar-refractivity contribution in [3.8, 4) is 5.75 Å². The van der Waals surface area contributed by atoms with Gasteiger partial charge in [-0.05, 0) is 43.5 Å². The van der Waals surface area contributed by atoms with E-state index in [2.05, 4.69) is 5.48 Å². The van der Waals surface area contributed by atoms with Gasteiger partial charge >= 0.3 is 0 Å². The van der Waals surface area contributed by atoms with Gasteiger partial charge < -0.3 is 5.11 Å². The van der Waals surface area contributed by atoms with Crippen molar-refractivity contribution in [3.63, 3.8) is 0 Å². The summed E-state index contributed by atoms with van der Waals surface area (Å²) in [5.74, 6) is -0.0711. The van der Waals surface area contributed by atoms with E-state index >= 15 is 0 Å². The van der Waals surface area contributed by atoms with Gasteiger partial charge in [-0.2, -0.15) is 0 Å². The van der Waals surface area contributed by atoms with Crippen LogP contribution in [0.2, 0.25) is 0 Å². The zero-order valence-electron chi connectivity index (χ0n) is 9.90. The average Bonchev–Trinajstić information content (AvgIpc) is 2.82. The minimum absolute atomic E-state index is 0.150. The first kappa shape index (κ1) is 11.9. The summed E-state index contributed by atoms with van der Waals surface area (Å²) in [7, 11) is 0. The molecule has 2 N–H and O–H groups in total. The van der Waals surface area contributed by atoms with E-state index in [-0.39, 0.29) is 17.8 Å². The monoisotopic (exact) mass is 235 g/mol. The molecule has 4 heteroatoms. The van der Waals surface area contributed by atoms with E-state index in [1.165, 1.54) is 18.9 Å². The van der Waals surface area contributed by atoms with E-state index in [0.29, 0.717) is 11.1 Å². The van der Waals surface area contributed by atoms with E-state index in [9.17, 15) is 9.90 Å². The Morgan fingerprint density at radius 2 is 2.12 bits per heavy atom. The van der Waals surface area contributed by atoms with E-state index in [1.807, 2.05) is 0 Å². The van der Waals surface area contributed by atoms with Crippen LogP contribution in [0.1, 0.15) is 41.6 Å². The third-order valence-corrected chi connectivity index (χ3v) is 3.08. The highest BCUT2D eigenvalue weighted by atomic mass is 16.7. The number of rotatable bonds is 3. The number of carbonyl (C=O) groups excluding carboxylic acids is 1. The highest BCUT2D eigenvalue weighted by molar-refractivity contribution is 5.93. The molecule has 0 bridgehead atoms. The number of amides is 1. The van der Waals surface area contributed by atoms with Gasteiger partial charge in [-0.25, -0.2) is 5.48 Å². The SMILES string of the molecule is Cc1cc(C(=O)NOC2CCCC2)ccc1O. The molecule has 0 spiro atoms. The maximum atomic E-state index is 11.7. The molecule has 1 fully saturated rings. The van der Waals surface area contributed by atoms with Gasteiger partial charge in [0, 0.05) is 5.56 Å². The smallest absolute Gasteiger partial charge is 0.274 e. The molecule has 0 aliphatic heterocycles. The van der Waals surface area contributed by atoms with Gasteiger partial charge in [0.2, 0.25) is 0 Å². The van der Waals surface area contributed by atoms with Crippen LogP contribution in [0.25, 0.3) is 0 Å². The first-order valence-corrected chi connectivity index (χ1v) is 5.92. The summed E-state index contributed by atoms with van der Waals surface area (Å²) in [5.41, 5.74) is 3.64. The lowest BCUT2D eigenvalue weighted by molar-refractivity contribution is -0.0124. The summed E-state index contributed by atoms with van der Waals surface area (Å²) in [6, 6.07) is 4.73. The van der Waals surface area contributed by atoms with E-state index in [0.717, 1.165) is 12.8 Å². The lowest BCUT2D eigenvalue weighted by atomic mass is 10.1. The molecule has 4 nitrogen and oxygen atoms in total. The minimum atomic E-state index is -0.264. The number of phenols is 1. The molecule has 0 radical (unpaired) electrons. The topological polar surface area (TPSA) is 58.6 Å². The van der Waals surface area contributed by atoms with Gasteiger partial charge in [-0.3, -0.25) is 9.63 Å². The molecule has 0 saturated heterocycles. The first-order valence-electron chi connectivity index (χ1n) is 5.92. The largest absolute Gasteiger partial charge is 0.508 e. The summed E-state index contributed by atoms with van der Waals surface area (Å²) in [4.78, 5) is 17.1. The van der Waals surface area contributed by atoms with Gasteiger partial charge in [0.05, 0.1) is 6.10 Å². The predicted octanol–water partition coefficient (Wildman–Crippen LogP) is 2.30. The van der Waals surface area contributed by atoms with Crippen molar-refractivity contribution in [2.45, 2.75) is 38.7 Å². The zero-order chi connectivity index (χ0) is 12.3. The summed E-state index contributed by atoms with van der Waals surface area (Å²) in [6.07, 6.45) is 4.50. The Morgan fingerprint density at radius 3 is 2.76 bits per heavy atom. The third-order valence-electron chi connectivity index (χ3n) is 3.08. The lowest BCUT2D eigenvalue weighted by Crippen LogP contribution is -2.28. The maximum absolute atomic E-state index is 11.7. The van der Waals surface area contributed by atoms with Crippen LogP contribution in [-0.2, 0) is 4.84 Å². The molecule has 0 unspecified atom stereocenters. The van der Waals surface area contributed by atoms with Gasteiger partial charge in [0.25, 0.3) is 5.91 Å². The van der Waals surface area contributed by atoms with Crippen molar-refractivity contribution in [2.24, 2.45) is 0 Å². The van der Waals surface area contributed by atoms with Crippen LogP contribution in [0, 0.1) is 6.92 Å². The molecule has 0 heterocycles. The summed E-state index contributed by atoms with van der Waals surface area (Å²) in [6.45, 7) is 1.75. The van der Waals surface area contributed by atoms with Crippen LogP contribution in [-0.4, -0.2) is 17.1 Å². The van der Waals surface area contributed by atoms with Gasteiger partial charge in [-0.15, -0.1) is 0 Å². The van der Waals surface area contributed by atoms with Gasteiger partial charge in [0.15, 0.2) is 0 Å². The third kappa shape index (κ3) is 2.97. The summed E-state index contributed by atoms with van der Waals surface area (Å²) < 4.78 is 0. The van der Waals surface area contributed by atoms with Gasteiger partial charge in [0.1, 0.15) is 5.75 Å². The van der Waals surface area contributed by atoms with Crippen LogP contribution in [0.3, 0.4) is 0 Å². The molecular formula is C13H17NO3. The van der Waals surface area contributed by atoms with E-state index in [4.69, 9.17) is 4.84 Å². The quantitative estimate of drug-likeness (QED) is 0.790. The van der Waals surface area contributed by atoms with Crippen LogP contribution < -0.4 is 5.48 Å². The van der Waals surface area contributed by atoms with Crippen LogP contribution in [0.4, 0.5) is 0 Å². The fourth-order valence-corrected chi connectivity index (χ4v) is 2.00. The lowest BCUT2D eigenvalue weighted by Gasteiger charge is -2.11. The number of hydroxylamine groups is 1. The number of aryl methyl sites for hydroxylation is 1. The molecule has 2 rings (SSSR count). The standard InChI is InChI=1S/C13H17NO3/c1-9-8-10(6-7-12(9)15)13(16)14-17-11-4-2-3-5-11/h6-8,11,15H,2-5H2,1H3,(H,14,16). The Morgan fingerprint density at radius 1 is 1.41 bits per heavy atom.